The van der Waals surface area contributed by atoms with Gasteiger partial charge in [-0.05, 0) is 32.4 Å². The minimum Gasteiger partial charge on any atom is -0.383 e. The Kier molecular flexibility index (Phi) is 5.36. The summed E-state index contributed by atoms with van der Waals surface area (Å²) in [4.78, 5) is 21.9. The number of aryl methyl sites for hydroxylation is 1. The normalized spacial score (nSPS) is 21.4. The molecule has 3 rings (SSSR count). The number of methoxy groups -OCH3 is 1. The van der Waals surface area contributed by atoms with E-state index in [1.165, 1.54) is 0 Å². The molecule has 0 atom stereocenters. The van der Waals surface area contributed by atoms with Crippen LogP contribution in [0.15, 0.2) is 24.7 Å². The first kappa shape index (κ1) is 17.2. The van der Waals surface area contributed by atoms with Crippen LogP contribution in [0.2, 0.25) is 0 Å². The van der Waals surface area contributed by atoms with Crippen molar-refractivity contribution in [3.8, 4) is 0 Å². The van der Waals surface area contributed by atoms with Gasteiger partial charge in [0.25, 0.3) is 0 Å². The zero-order valence-electron chi connectivity index (χ0n) is 14.8. The van der Waals surface area contributed by atoms with E-state index >= 15 is 0 Å². The minimum atomic E-state index is -0.221. The largest absolute Gasteiger partial charge is 0.383 e. The number of nitrogens with zero attached hydrogens (tertiary/aromatic N) is 4. The molecular formula is C18H28N4O2. The molecule has 1 aromatic rings. The average molecular weight is 332 g/mol. The van der Waals surface area contributed by atoms with Crippen LogP contribution < -0.4 is 0 Å². The highest BCUT2D eigenvalue weighted by molar-refractivity contribution is 5.83. The standard InChI is InChI=1S/C18H28N4O2/c1-20-13-16(19-15-20)14-21-9-6-18(7-10-21)5-3-4-8-22(17(18)23)11-12-24-2/h3-4,13,15H,5-12,14H2,1-2H3. The summed E-state index contributed by atoms with van der Waals surface area (Å²) >= 11 is 0. The van der Waals surface area contributed by atoms with Gasteiger partial charge in [-0.1, -0.05) is 12.2 Å². The van der Waals surface area contributed by atoms with Crippen molar-refractivity contribution in [1.82, 2.24) is 19.4 Å². The van der Waals surface area contributed by atoms with Crippen LogP contribution in [0.4, 0.5) is 0 Å². The van der Waals surface area contributed by atoms with Crippen LogP contribution in [0.3, 0.4) is 0 Å². The van der Waals surface area contributed by atoms with Crippen LogP contribution >= 0.6 is 0 Å². The smallest absolute Gasteiger partial charge is 0.229 e. The highest BCUT2D eigenvalue weighted by Gasteiger charge is 2.43. The predicted octanol–water partition coefficient (Wildman–Crippen LogP) is 1.44. The third-order valence-electron chi connectivity index (χ3n) is 5.26. The van der Waals surface area contributed by atoms with Gasteiger partial charge in [0.1, 0.15) is 0 Å². The fraction of sp³-hybridized carbons (Fsp3) is 0.667. The van der Waals surface area contributed by atoms with Crippen molar-refractivity contribution >= 4 is 5.91 Å². The van der Waals surface area contributed by atoms with Crippen LogP contribution in [0.1, 0.15) is 25.0 Å². The summed E-state index contributed by atoms with van der Waals surface area (Å²) in [5, 5.41) is 0. The SMILES string of the molecule is COCCN1CC=CCC2(CCN(Cc3cn(C)cn3)CC2)C1=O. The number of ether oxygens (including phenoxy) is 1. The van der Waals surface area contributed by atoms with Gasteiger partial charge in [-0.3, -0.25) is 9.69 Å². The van der Waals surface area contributed by atoms with E-state index in [1.807, 2.05) is 22.8 Å². The summed E-state index contributed by atoms with van der Waals surface area (Å²) in [6, 6.07) is 0. The van der Waals surface area contributed by atoms with Gasteiger partial charge in [0.2, 0.25) is 5.91 Å². The van der Waals surface area contributed by atoms with Crippen molar-refractivity contribution in [2.24, 2.45) is 12.5 Å². The Hall–Kier alpha value is -1.66. The molecule has 0 bridgehead atoms. The molecule has 3 heterocycles. The summed E-state index contributed by atoms with van der Waals surface area (Å²) in [5.74, 6) is 0.307. The fourth-order valence-corrected chi connectivity index (χ4v) is 3.75. The molecule has 2 aliphatic heterocycles. The Bertz CT molecular complexity index is 588. The van der Waals surface area contributed by atoms with Crippen molar-refractivity contribution in [1.29, 1.82) is 0 Å². The summed E-state index contributed by atoms with van der Waals surface area (Å²) in [7, 11) is 3.68. The van der Waals surface area contributed by atoms with Crippen LogP contribution in [0.25, 0.3) is 0 Å². The molecule has 0 saturated carbocycles. The lowest BCUT2D eigenvalue weighted by atomic mass is 9.74. The van der Waals surface area contributed by atoms with Crippen LogP contribution in [0.5, 0.6) is 0 Å². The zero-order chi connectivity index (χ0) is 17.0. The molecule has 24 heavy (non-hydrogen) atoms. The van der Waals surface area contributed by atoms with Crippen molar-refractivity contribution in [3.63, 3.8) is 0 Å². The van der Waals surface area contributed by atoms with Gasteiger partial charge in [0.15, 0.2) is 0 Å². The van der Waals surface area contributed by atoms with E-state index < -0.39 is 0 Å². The van der Waals surface area contributed by atoms with Crippen molar-refractivity contribution in [2.75, 3.05) is 39.9 Å². The third-order valence-corrected chi connectivity index (χ3v) is 5.26. The predicted molar refractivity (Wildman–Crippen MR) is 92.4 cm³/mol. The van der Waals surface area contributed by atoms with Gasteiger partial charge in [0, 0.05) is 40.0 Å². The molecule has 0 aromatic carbocycles. The number of carbonyl (C=O) groups is 1. The molecule has 0 N–H and O–H groups in total. The van der Waals surface area contributed by atoms with Gasteiger partial charge >= 0.3 is 0 Å². The Morgan fingerprint density at radius 3 is 2.75 bits per heavy atom. The van der Waals surface area contributed by atoms with E-state index in [4.69, 9.17) is 4.74 Å². The van der Waals surface area contributed by atoms with Gasteiger partial charge in [-0.25, -0.2) is 4.98 Å². The summed E-state index contributed by atoms with van der Waals surface area (Å²) in [6.45, 7) is 4.76. The molecule has 2 aliphatic rings. The van der Waals surface area contributed by atoms with E-state index in [2.05, 4.69) is 28.2 Å². The third kappa shape index (κ3) is 3.70. The maximum absolute atomic E-state index is 13.1. The number of carbonyl (C=O) groups excluding carboxylic acids is 1. The van der Waals surface area contributed by atoms with Crippen molar-refractivity contribution in [3.05, 3.63) is 30.4 Å². The second-order valence-corrected chi connectivity index (χ2v) is 7.01. The number of imidazole rings is 1. The molecule has 1 saturated heterocycles. The maximum atomic E-state index is 13.1. The van der Waals surface area contributed by atoms with Crippen molar-refractivity contribution in [2.45, 2.75) is 25.8 Å². The van der Waals surface area contributed by atoms with Crippen molar-refractivity contribution < 1.29 is 9.53 Å². The van der Waals surface area contributed by atoms with Crippen LogP contribution in [-0.4, -0.2) is 65.2 Å². The molecule has 1 amide bonds. The number of hydrogen-bond donors (Lipinski definition) is 0. The molecule has 0 aliphatic carbocycles. The number of likely N-dealkylation sites (tertiary alicyclic amines) is 1. The molecule has 0 unspecified atom stereocenters. The topological polar surface area (TPSA) is 50.6 Å². The first-order valence-electron chi connectivity index (χ1n) is 8.75. The summed E-state index contributed by atoms with van der Waals surface area (Å²) < 4.78 is 7.14. The molecule has 0 radical (unpaired) electrons. The Morgan fingerprint density at radius 1 is 1.29 bits per heavy atom. The number of allylic oxidation sites excluding steroid dienone is 1. The van der Waals surface area contributed by atoms with Gasteiger partial charge in [0.05, 0.1) is 24.0 Å². The molecule has 1 fully saturated rings. The van der Waals surface area contributed by atoms with Gasteiger partial charge in [-0.15, -0.1) is 0 Å². The highest BCUT2D eigenvalue weighted by Crippen LogP contribution is 2.39. The lowest BCUT2D eigenvalue weighted by Crippen LogP contribution is -2.50. The molecule has 132 valence electrons. The number of aromatic nitrogens is 2. The Balaban J connectivity index is 1.62. The molecular weight excluding hydrogens is 304 g/mol. The zero-order valence-corrected chi connectivity index (χ0v) is 14.8. The van der Waals surface area contributed by atoms with E-state index in [0.717, 1.165) is 44.6 Å². The van der Waals surface area contributed by atoms with Gasteiger partial charge in [-0.2, -0.15) is 0 Å². The number of amides is 1. The summed E-state index contributed by atoms with van der Waals surface area (Å²) in [5.41, 5.74) is 0.878. The Labute approximate surface area is 144 Å². The minimum absolute atomic E-state index is 0.221. The fourth-order valence-electron chi connectivity index (χ4n) is 3.75. The second kappa shape index (κ2) is 7.49. The van der Waals surface area contributed by atoms with Gasteiger partial charge < -0.3 is 14.2 Å². The summed E-state index contributed by atoms with van der Waals surface area (Å²) in [6.07, 6.45) is 10.9. The highest BCUT2D eigenvalue weighted by atomic mass is 16.5. The van der Waals surface area contributed by atoms with Crippen LogP contribution in [0, 0.1) is 5.41 Å². The van der Waals surface area contributed by atoms with E-state index in [0.29, 0.717) is 25.6 Å². The number of piperidine rings is 1. The van der Waals surface area contributed by atoms with E-state index in [-0.39, 0.29) is 5.41 Å². The first-order chi connectivity index (χ1) is 11.6. The molecule has 6 heteroatoms. The second-order valence-electron chi connectivity index (χ2n) is 7.01. The van der Waals surface area contributed by atoms with E-state index in [1.54, 1.807) is 7.11 Å². The molecule has 1 aromatic heterocycles. The monoisotopic (exact) mass is 332 g/mol. The molecule has 6 nitrogen and oxygen atoms in total. The lowest BCUT2D eigenvalue weighted by molar-refractivity contribution is -0.144. The van der Waals surface area contributed by atoms with E-state index in [9.17, 15) is 4.79 Å². The quantitative estimate of drug-likeness (QED) is 0.766. The number of hydrogen-bond acceptors (Lipinski definition) is 4. The Morgan fingerprint density at radius 2 is 2.08 bits per heavy atom. The average Bonchev–Trinajstić information content (AvgIpc) is 2.93. The molecule has 1 spiro atoms. The first-order valence-corrected chi connectivity index (χ1v) is 8.75. The van der Waals surface area contributed by atoms with Crippen LogP contribution in [-0.2, 0) is 23.1 Å². The number of rotatable bonds is 5. The lowest BCUT2D eigenvalue weighted by Gasteiger charge is -2.41. The maximum Gasteiger partial charge on any atom is 0.229 e.